The van der Waals surface area contributed by atoms with Crippen molar-refractivity contribution in [2.24, 2.45) is 11.7 Å². The molecule has 2 aliphatic rings. The van der Waals surface area contributed by atoms with Gasteiger partial charge in [0.2, 0.25) is 0 Å². The summed E-state index contributed by atoms with van der Waals surface area (Å²) in [7, 11) is 0. The number of carbonyl (C=O) groups excluding carboxylic acids is 1. The number of hydrogen-bond donors (Lipinski definition) is 2. The van der Waals surface area contributed by atoms with Gasteiger partial charge in [-0.2, -0.15) is 0 Å². The highest BCUT2D eigenvalue weighted by Gasteiger charge is 2.30. The molecule has 0 amide bonds. The molecule has 1 aromatic heterocycles. The normalized spacial score (nSPS) is 19.6. The fraction of sp³-hybridized carbons (Fsp3) is 0.545. The van der Waals surface area contributed by atoms with Crippen molar-refractivity contribution in [2.45, 2.75) is 50.5 Å². The summed E-state index contributed by atoms with van der Waals surface area (Å²) < 4.78 is 5.31. The summed E-state index contributed by atoms with van der Waals surface area (Å²) in [6.07, 6.45) is 5.69. The molecule has 6 nitrogen and oxygen atoms in total. The highest BCUT2D eigenvalue weighted by Crippen LogP contribution is 2.40. The molecule has 1 aromatic carbocycles. The molecule has 0 spiro atoms. The van der Waals surface area contributed by atoms with E-state index in [9.17, 15) is 9.90 Å². The number of aromatic nitrogens is 1. The van der Waals surface area contributed by atoms with E-state index in [2.05, 4.69) is 10.1 Å². The van der Waals surface area contributed by atoms with Gasteiger partial charge >= 0.3 is 0 Å². The SMILES string of the molecule is N[C@@H](Cc1ccc(O)cc1)CN1CCC(CC(=O)c2cc(C3CC3)on2)CC1. The summed E-state index contributed by atoms with van der Waals surface area (Å²) in [6.45, 7) is 2.82. The Morgan fingerprint density at radius 3 is 2.61 bits per heavy atom. The van der Waals surface area contributed by atoms with E-state index in [0.717, 1.165) is 63.1 Å². The van der Waals surface area contributed by atoms with Gasteiger partial charge in [-0.15, -0.1) is 0 Å². The molecule has 1 saturated heterocycles. The first-order chi connectivity index (χ1) is 13.6. The Balaban J connectivity index is 1.19. The maximum atomic E-state index is 12.5. The van der Waals surface area contributed by atoms with E-state index < -0.39 is 0 Å². The number of aromatic hydroxyl groups is 1. The summed E-state index contributed by atoms with van der Waals surface area (Å²) in [5, 5.41) is 13.3. The first-order valence-corrected chi connectivity index (χ1v) is 10.3. The topological polar surface area (TPSA) is 92.6 Å². The molecular weight excluding hydrogens is 354 g/mol. The number of nitrogens with zero attached hydrogens (tertiary/aromatic N) is 2. The van der Waals surface area contributed by atoms with Gasteiger partial charge in [-0.3, -0.25) is 4.79 Å². The number of benzene rings is 1. The number of phenols is 1. The second-order valence-corrected chi connectivity index (χ2v) is 8.39. The van der Waals surface area contributed by atoms with Gasteiger partial charge in [-0.05, 0) is 68.8 Å². The molecule has 1 aliphatic carbocycles. The standard InChI is InChI=1S/C22H29N3O3/c23-18(11-15-1-5-19(26)6-2-15)14-25-9-7-16(8-10-25)12-21(27)20-13-22(28-24-20)17-3-4-17/h1-2,5-6,13,16-18,26H,3-4,7-12,14,23H2/t18-/m0/s1. The van der Waals surface area contributed by atoms with Crippen LogP contribution in [0.2, 0.25) is 0 Å². The molecule has 0 unspecified atom stereocenters. The van der Waals surface area contributed by atoms with E-state index in [-0.39, 0.29) is 17.6 Å². The predicted molar refractivity (Wildman–Crippen MR) is 106 cm³/mol. The van der Waals surface area contributed by atoms with Crippen LogP contribution in [-0.2, 0) is 6.42 Å². The van der Waals surface area contributed by atoms with Crippen molar-refractivity contribution in [1.82, 2.24) is 10.1 Å². The average Bonchev–Trinajstić information content (AvgIpc) is 3.41. The predicted octanol–water partition coefficient (Wildman–Crippen LogP) is 3.11. The Kier molecular flexibility index (Phi) is 5.78. The molecule has 2 heterocycles. The number of rotatable bonds is 8. The van der Waals surface area contributed by atoms with E-state index in [1.165, 1.54) is 0 Å². The molecule has 4 rings (SSSR count). The number of piperidine rings is 1. The van der Waals surface area contributed by atoms with Crippen molar-refractivity contribution in [3.8, 4) is 5.75 Å². The molecule has 150 valence electrons. The van der Waals surface area contributed by atoms with Crippen LogP contribution in [-0.4, -0.2) is 46.6 Å². The monoisotopic (exact) mass is 383 g/mol. The van der Waals surface area contributed by atoms with Crippen LogP contribution in [0.15, 0.2) is 34.9 Å². The van der Waals surface area contributed by atoms with Gasteiger partial charge in [0.15, 0.2) is 5.78 Å². The van der Waals surface area contributed by atoms with Crippen molar-refractivity contribution in [2.75, 3.05) is 19.6 Å². The van der Waals surface area contributed by atoms with Crippen LogP contribution < -0.4 is 5.73 Å². The smallest absolute Gasteiger partial charge is 0.185 e. The molecule has 2 aromatic rings. The zero-order chi connectivity index (χ0) is 19.5. The van der Waals surface area contributed by atoms with Crippen LogP contribution in [0.1, 0.15) is 59.8 Å². The summed E-state index contributed by atoms with van der Waals surface area (Å²) in [6, 6.07) is 9.16. The van der Waals surface area contributed by atoms with Gasteiger partial charge in [0, 0.05) is 31.0 Å². The van der Waals surface area contributed by atoms with E-state index in [4.69, 9.17) is 10.3 Å². The molecule has 1 saturated carbocycles. The minimum atomic E-state index is 0.0682. The van der Waals surface area contributed by atoms with Gasteiger partial charge < -0.3 is 20.3 Å². The first kappa shape index (κ1) is 19.2. The Morgan fingerprint density at radius 2 is 1.93 bits per heavy atom. The first-order valence-electron chi connectivity index (χ1n) is 10.3. The number of carbonyl (C=O) groups is 1. The summed E-state index contributed by atoms with van der Waals surface area (Å²) in [4.78, 5) is 14.9. The quantitative estimate of drug-likeness (QED) is 0.681. The lowest BCUT2D eigenvalue weighted by molar-refractivity contribution is 0.0916. The van der Waals surface area contributed by atoms with Crippen LogP contribution in [0.25, 0.3) is 0 Å². The minimum Gasteiger partial charge on any atom is -0.508 e. The third kappa shape index (κ3) is 5.00. The van der Waals surface area contributed by atoms with Gasteiger partial charge in [0.25, 0.3) is 0 Å². The van der Waals surface area contributed by atoms with E-state index >= 15 is 0 Å². The van der Waals surface area contributed by atoms with E-state index in [1.54, 1.807) is 12.1 Å². The molecule has 1 aliphatic heterocycles. The van der Waals surface area contributed by atoms with E-state index in [1.807, 2.05) is 18.2 Å². The van der Waals surface area contributed by atoms with Gasteiger partial charge in [-0.25, -0.2) is 0 Å². The van der Waals surface area contributed by atoms with Crippen LogP contribution in [0, 0.1) is 5.92 Å². The van der Waals surface area contributed by atoms with Gasteiger partial charge in [-0.1, -0.05) is 17.3 Å². The molecule has 0 bridgehead atoms. The zero-order valence-corrected chi connectivity index (χ0v) is 16.2. The van der Waals surface area contributed by atoms with Crippen LogP contribution in [0.5, 0.6) is 5.75 Å². The lowest BCUT2D eigenvalue weighted by atomic mass is 9.90. The Morgan fingerprint density at radius 1 is 1.21 bits per heavy atom. The number of phenolic OH excluding ortho intramolecular Hbond substituents is 1. The number of ketones is 1. The summed E-state index contributed by atoms with van der Waals surface area (Å²) in [5.74, 6) is 2.17. The van der Waals surface area contributed by atoms with Crippen molar-refractivity contribution in [3.63, 3.8) is 0 Å². The zero-order valence-electron chi connectivity index (χ0n) is 16.2. The van der Waals surface area contributed by atoms with Gasteiger partial charge in [0.05, 0.1) is 0 Å². The Bertz CT molecular complexity index is 790. The molecule has 2 fully saturated rings. The van der Waals surface area contributed by atoms with Crippen LogP contribution in [0.3, 0.4) is 0 Å². The van der Waals surface area contributed by atoms with Gasteiger partial charge in [0.1, 0.15) is 17.2 Å². The van der Waals surface area contributed by atoms with Crippen molar-refractivity contribution in [3.05, 3.63) is 47.3 Å². The second-order valence-electron chi connectivity index (χ2n) is 8.39. The molecule has 3 N–H and O–H groups in total. The number of likely N-dealkylation sites (tertiary alicyclic amines) is 1. The lowest BCUT2D eigenvalue weighted by Gasteiger charge is -2.33. The molecule has 28 heavy (non-hydrogen) atoms. The van der Waals surface area contributed by atoms with Crippen molar-refractivity contribution < 1.29 is 14.4 Å². The van der Waals surface area contributed by atoms with Crippen LogP contribution in [0.4, 0.5) is 0 Å². The Labute approximate surface area is 165 Å². The fourth-order valence-corrected chi connectivity index (χ4v) is 4.05. The Hall–Kier alpha value is -2.18. The summed E-state index contributed by atoms with van der Waals surface area (Å²) in [5.41, 5.74) is 7.96. The maximum absolute atomic E-state index is 12.5. The fourth-order valence-electron chi connectivity index (χ4n) is 4.05. The number of nitrogens with two attached hydrogens (primary N) is 1. The molecule has 1 atom stereocenters. The minimum absolute atomic E-state index is 0.0682. The lowest BCUT2D eigenvalue weighted by Crippen LogP contribution is -2.43. The third-order valence-electron chi connectivity index (χ3n) is 5.90. The maximum Gasteiger partial charge on any atom is 0.185 e. The highest BCUT2D eigenvalue weighted by atomic mass is 16.5. The number of Topliss-reactive ketones (excluding diaryl/α,β-unsaturated/α-hetero) is 1. The van der Waals surface area contributed by atoms with E-state index in [0.29, 0.717) is 24.0 Å². The summed E-state index contributed by atoms with van der Waals surface area (Å²) >= 11 is 0. The van der Waals surface area contributed by atoms with Crippen molar-refractivity contribution in [1.29, 1.82) is 0 Å². The largest absolute Gasteiger partial charge is 0.508 e. The highest BCUT2D eigenvalue weighted by molar-refractivity contribution is 5.94. The third-order valence-corrected chi connectivity index (χ3v) is 5.90. The second kappa shape index (κ2) is 8.45. The molecule has 6 heteroatoms. The average molecular weight is 383 g/mol. The molecular formula is C22H29N3O3. The molecule has 0 radical (unpaired) electrons. The van der Waals surface area contributed by atoms with Crippen molar-refractivity contribution >= 4 is 5.78 Å². The number of hydrogen-bond acceptors (Lipinski definition) is 6. The van der Waals surface area contributed by atoms with Crippen LogP contribution >= 0.6 is 0 Å².